The number of rotatable bonds is 16. The highest BCUT2D eigenvalue weighted by Crippen LogP contribution is 2.55. The molecule has 2 aromatic rings. The first-order chi connectivity index (χ1) is 24.2. The van der Waals surface area contributed by atoms with E-state index in [1.807, 2.05) is 17.0 Å². The van der Waals surface area contributed by atoms with Gasteiger partial charge in [0, 0.05) is 30.9 Å². The van der Waals surface area contributed by atoms with Crippen LogP contribution in [-0.2, 0) is 35.8 Å². The highest BCUT2D eigenvalue weighted by molar-refractivity contribution is 6.09. The van der Waals surface area contributed by atoms with Gasteiger partial charge in [-0.2, -0.15) is 0 Å². The first kappa shape index (κ1) is 37.0. The molecule has 0 bridgehead atoms. The number of anilines is 1. The maximum Gasteiger partial charge on any atom is 0.345 e. The van der Waals surface area contributed by atoms with E-state index in [0.29, 0.717) is 30.5 Å². The third kappa shape index (κ3) is 7.27. The molecule has 1 amide bonds. The number of nitrogens with zero attached hydrogens (tertiary/aromatic N) is 3. The lowest BCUT2D eigenvalue weighted by Crippen LogP contribution is -2.55. The van der Waals surface area contributed by atoms with Gasteiger partial charge in [0.15, 0.2) is 0 Å². The number of hydrogen-bond donors (Lipinski definition) is 1. The zero-order valence-corrected chi connectivity index (χ0v) is 29.3. The molecule has 0 saturated carbocycles. The summed E-state index contributed by atoms with van der Waals surface area (Å²) in [6.45, 7) is 4.26. The molecule has 4 atom stereocenters. The molecule has 270 valence electrons. The maximum atomic E-state index is 14.6. The van der Waals surface area contributed by atoms with Gasteiger partial charge in [-0.3, -0.25) is 19.8 Å². The maximum absolute atomic E-state index is 14.6. The Bertz CT molecular complexity index is 1590. The van der Waals surface area contributed by atoms with Gasteiger partial charge in [0.1, 0.15) is 5.56 Å². The minimum absolute atomic E-state index is 0.0299. The van der Waals surface area contributed by atoms with Gasteiger partial charge in [0.05, 0.1) is 49.6 Å². The molecule has 0 radical (unpaired) electrons. The number of esters is 2. The molecule has 5 rings (SSSR count). The largest absolute Gasteiger partial charge is 0.504 e. The van der Waals surface area contributed by atoms with E-state index in [4.69, 9.17) is 14.2 Å². The van der Waals surface area contributed by atoms with E-state index in [2.05, 4.69) is 24.0 Å². The van der Waals surface area contributed by atoms with Gasteiger partial charge in [-0.25, -0.2) is 9.59 Å². The second-order valence-corrected chi connectivity index (χ2v) is 13.5. The summed E-state index contributed by atoms with van der Waals surface area (Å²) in [7, 11) is 2.93. The van der Waals surface area contributed by atoms with Crippen molar-refractivity contribution in [3.8, 4) is 0 Å². The second kappa shape index (κ2) is 16.6. The van der Waals surface area contributed by atoms with Crippen LogP contribution in [0.3, 0.4) is 0 Å². The molecule has 0 unspecified atom stereocenters. The summed E-state index contributed by atoms with van der Waals surface area (Å²) in [6, 6.07) is 12.1. The number of carbonyl (C=O) groups is 3. The van der Waals surface area contributed by atoms with Crippen molar-refractivity contribution in [2.24, 2.45) is 11.8 Å². The van der Waals surface area contributed by atoms with Crippen LogP contribution in [0.4, 0.5) is 11.4 Å². The lowest BCUT2D eigenvalue weighted by Gasteiger charge is -2.45. The van der Waals surface area contributed by atoms with Crippen molar-refractivity contribution in [3.05, 3.63) is 81.1 Å². The Hall–Kier alpha value is -4.29. The normalized spacial score (nSPS) is 23.1. The Balaban J connectivity index is 1.14. The number of unbranched alkanes of at least 4 members (excludes halogenated alkanes) is 5. The van der Waals surface area contributed by atoms with Gasteiger partial charge in [0.2, 0.25) is 5.91 Å². The standard InChI is InChI=1S/C38H49N3O9/c1-4-27-23-39-19-17-38(34(39)22-28(27)30(25-48-2)35(43)49-3)31-13-9-10-14-33(31)40(37(38)45)18-11-7-5-6-8-12-20-50-36(44)29-21-26(24-42)15-16-32(29)41(46)47/h9-10,13-16,21,25,27-28,34,42H,4-8,11-12,17-20,22-24H2,1-3H3/b30-25+/t27-,28-,34-,38+/m0/s1. The third-order valence-corrected chi connectivity index (χ3v) is 10.9. The number of para-hydroxylation sites is 1. The van der Waals surface area contributed by atoms with E-state index in [-0.39, 0.29) is 54.2 Å². The highest BCUT2D eigenvalue weighted by atomic mass is 16.6. The van der Waals surface area contributed by atoms with Crippen LogP contribution >= 0.6 is 0 Å². The third-order valence-electron chi connectivity index (χ3n) is 10.9. The molecule has 1 spiro atoms. The molecule has 0 aromatic heterocycles. The first-order valence-electron chi connectivity index (χ1n) is 17.7. The van der Waals surface area contributed by atoms with Gasteiger partial charge >= 0.3 is 11.9 Å². The van der Waals surface area contributed by atoms with Crippen molar-refractivity contribution in [1.29, 1.82) is 0 Å². The van der Waals surface area contributed by atoms with Gasteiger partial charge < -0.3 is 24.2 Å². The van der Waals surface area contributed by atoms with Crippen molar-refractivity contribution < 1.29 is 38.6 Å². The van der Waals surface area contributed by atoms with Crippen molar-refractivity contribution in [1.82, 2.24) is 4.90 Å². The molecular weight excluding hydrogens is 642 g/mol. The molecule has 3 aliphatic heterocycles. The average Bonchev–Trinajstić information content (AvgIpc) is 3.62. The van der Waals surface area contributed by atoms with Gasteiger partial charge in [-0.15, -0.1) is 0 Å². The number of nitro groups is 1. The fraction of sp³-hybridized carbons (Fsp3) is 0.553. The van der Waals surface area contributed by atoms with Crippen LogP contribution in [0.2, 0.25) is 0 Å². The van der Waals surface area contributed by atoms with Crippen molar-refractivity contribution in [2.45, 2.75) is 82.8 Å². The van der Waals surface area contributed by atoms with Crippen LogP contribution in [0.5, 0.6) is 0 Å². The summed E-state index contributed by atoms with van der Waals surface area (Å²) in [5, 5.41) is 20.6. The van der Waals surface area contributed by atoms with Crippen LogP contribution < -0.4 is 4.90 Å². The fourth-order valence-corrected chi connectivity index (χ4v) is 8.37. The van der Waals surface area contributed by atoms with E-state index in [0.717, 1.165) is 69.3 Å². The number of methoxy groups -OCH3 is 2. The topological polar surface area (TPSA) is 149 Å². The van der Waals surface area contributed by atoms with E-state index < -0.39 is 16.3 Å². The molecule has 2 saturated heterocycles. The molecule has 3 heterocycles. The summed E-state index contributed by atoms with van der Waals surface area (Å²) in [5.41, 5.74) is 1.86. The smallest absolute Gasteiger partial charge is 0.345 e. The molecule has 50 heavy (non-hydrogen) atoms. The van der Waals surface area contributed by atoms with Crippen LogP contribution in [0.15, 0.2) is 54.3 Å². The zero-order valence-electron chi connectivity index (χ0n) is 29.3. The molecular formula is C38H49N3O9. The van der Waals surface area contributed by atoms with E-state index >= 15 is 0 Å². The number of carbonyl (C=O) groups excluding carboxylic acids is 3. The number of piperidine rings is 1. The number of benzene rings is 2. The molecule has 2 fully saturated rings. The predicted octanol–water partition coefficient (Wildman–Crippen LogP) is 5.69. The van der Waals surface area contributed by atoms with E-state index in [1.54, 1.807) is 7.11 Å². The Labute approximate surface area is 293 Å². The number of nitro benzene ring substituents is 1. The number of amides is 1. The quantitative estimate of drug-likeness (QED) is 0.0581. The SMILES string of the molecule is CC[C@H]1CN2CC[C@]3(C(=O)N(CCCCCCCCOC(=O)c4cc(CO)ccc4[N+](=O)[O-])c4ccccc43)[C@@H]2C[C@@H]1/C(=C\OC)C(=O)OC. The van der Waals surface area contributed by atoms with Crippen LogP contribution in [-0.4, -0.2) is 79.3 Å². The minimum atomic E-state index is -0.769. The fourth-order valence-electron chi connectivity index (χ4n) is 8.37. The lowest BCUT2D eigenvalue weighted by molar-refractivity contribution is -0.385. The number of hydrogen-bond acceptors (Lipinski definition) is 10. The Morgan fingerprint density at radius 2 is 1.82 bits per heavy atom. The Morgan fingerprint density at radius 3 is 2.52 bits per heavy atom. The van der Waals surface area contributed by atoms with E-state index in [1.165, 1.54) is 31.6 Å². The molecule has 2 aromatic carbocycles. The predicted molar refractivity (Wildman–Crippen MR) is 186 cm³/mol. The van der Waals surface area contributed by atoms with Gasteiger partial charge in [-0.1, -0.05) is 57.2 Å². The Kier molecular flexibility index (Phi) is 12.3. The minimum Gasteiger partial charge on any atom is -0.504 e. The summed E-state index contributed by atoms with van der Waals surface area (Å²) < 4.78 is 15.8. The van der Waals surface area contributed by atoms with Gasteiger partial charge in [0.25, 0.3) is 5.69 Å². The number of ether oxygens (including phenoxy) is 3. The van der Waals surface area contributed by atoms with Crippen molar-refractivity contribution in [2.75, 3.05) is 45.4 Å². The number of fused-ring (bicyclic) bond motifs is 4. The van der Waals surface area contributed by atoms with E-state index in [9.17, 15) is 29.6 Å². The monoisotopic (exact) mass is 691 g/mol. The highest BCUT2D eigenvalue weighted by Gasteiger charge is 2.62. The lowest BCUT2D eigenvalue weighted by atomic mass is 9.67. The number of aliphatic hydroxyl groups excluding tert-OH is 1. The van der Waals surface area contributed by atoms with Crippen molar-refractivity contribution >= 4 is 29.2 Å². The molecule has 12 nitrogen and oxygen atoms in total. The molecule has 0 aliphatic carbocycles. The zero-order chi connectivity index (χ0) is 35.8. The molecule has 1 N–H and O–H groups in total. The molecule has 12 heteroatoms. The summed E-state index contributed by atoms with van der Waals surface area (Å²) in [4.78, 5) is 55.0. The summed E-state index contributed by atoms with van der Waals surface area (Å²) >= 11 is 0. The first-order valence-corrected chi connectivity index (χ1v) is 17.7. The van der Waals surface area contributed by atoms with Crippen molar-refractivity contribution in [3.63, 3.8) is 0 Å². The number of aliphatic hydroxyl groups is 1. The summed E-state index contributed by atoms with van der Waals surface area (Å²) in [6.07, 6.45) is 9.02. The van der Waals surface area contributed by atoms with Crippen LogP contribution in [0.1, 0.15) is 86.2 Å². The summed E-state index contributed by atoms with van der Waals surface area (Å²) in [5.74, 6) is -0.816. The Morgan fingerprint density at radius 1 is 1.08 bits per heavy atom. The average molecular weight is 692 g/mol. The molecule has 3 aliphatic rings. The van der Waals surface area contributed by atoms with Crippen LogP contribution in [0.25, 0.3) is 0 Å². The van der Waals surface area contributed by atoms with Crippen LogP contribution in [0, 0.1) is 22.0 Å². The second-order valence-electron chi connectivity index (χ2n) is 13.5. The van der Waals surface area contributed by atoms with Gasteiger partial charge in [-0.05, 0) is 73.4 Å².